The van der Waals surface area contributed by atoms with Gasteiger partial charge in [0.1, 0.15) is 6.10 Å². The molecule has 8 heteroatoms. The van der Waals surface area contributed by atoms with E-state index in [0.29, 0.717) is 30.6 Å². The lowest BCUT2D eigenvalue weighted by Crippen LogP contribution is -2.46. The number of ether oxygens (including phenoxy) is 2. The summed E-state index contributed by atoms with van der Waals surface area (Å²) >= 11 is 0. The molecular formula is C33H42N4O4. The van der Waals surface area contributed by atoms with E-state index in [0.717, 1.165) is 62.4 Å². The third-order valence-corrected chi connectivity index (χ3v) is 7.89. The summed E-state index contributed by atoms with van der Waals surface area (Å²) in [6.07, 6.45) is 2.55. The molecule has 3 aromatic rings. The second-order valence-electron chi connectivity index (χ2n) is 11.6. The van der Waals surface area contributed by atoms with Crippen LogP contribution in [-0.2, 0) is 16.0 Å². The van der Waals surface area contributed by atoms with Crippen LogP contribution in [0.3, 0.4) is 0 Å². The fourth-order valence-electron chi connectivity index (χ4n) is 5.84. The first kappa shape index (κ1) is 28.9. The van der Waals surface area contributed by atoms with Crippen LogP contribution in [0.5, 0.6) is 5.88 Å². The molecule has 1 saturated heterocycles. The molecule has 0 bridgehead atoms. The first-order chi connectivity index (χ1) is 19.9. The minimum Gasteiger partial charge on any atom is -0.478 e. The number of carbonyl (C=O) groups excluding carboxylic acids is 2. The number of piperazine rings is 1. The van der Waals surface area contributed by atoms with Gasteiger partial charge < -0.3 is 14.4 Å². The van der Waals surface area contributed by atoms with Crippen molar-refractivity contribution in [3.05, 3.63) is 60.2 Å². The molecule has 2 aliphatic heterocycles. The van der Waals surface area contributed by atoms with Crippen LogP contribution < -0.4 is 14.5 Å². The molecule has 5 rings (SSSR count). The maximum absolute atomic E-state index is 12.9. The number of carbonyl (C=O) groups is 2. The van der Waals surface area contributed by atoms with Crippen molar-refractivity contribution in [3.63, 3.8) is 0 Å². The van der Waals surface area contributed by atoms with Gasteiger partial charge in [0.15, 0.2) is 5.82 Å². The van der Waals surface area contributed by atoms with Gasteiger partial charge in [0, 0.05) is 49.7 Å². The van der Waals surface area contributed by atoms with Gasteiger partial charge in [-0.2, -0.15) is 9.88 Å². The second-order valence-corrected chi connectivity index (χ2v) is 11.6. The molecule has 2 aromatic carbocycles. The number of fused-ring (bicyclic) bond motifs is 2. The number of nitrogens with zero attached hydrogens (tertiary/aromatic N) is 4. The van der Waals surface area contributed by atoms with Crippen molar-refractivity contribution < 1.29 is 19.1 Å². The maximum atomic E-state index is 12.9. The predicted octanol–water partition coefficient (Wildman–Crippen LogP) is 6.07. The van der Waals surface area contributed by atoms with Gasteiger partial charge in [-0.3, -0.25) is 9.69 Å². The molecule has 218 valence electrons. The number of unbranched alkanes of at least 4 members (excludes halogenated alkanes) is 1. The van der Waals surface area contributed by atoms with Crippen LogP contribution in [0, 0.1) is 5.92 Å². The lowest BCUT2D eigenvalue weighted by Gasteiger charge is -2.36. The first-order valence-electron chi connectivity index (χ1n) is 15.0. The van der Waals surface area contributed by atoms with Gasteiger partial charge >= 0.3 is 6.09 Å². The van der Waals surface area contributed by atoms with Crippen LogP contribution in [0.25, 0.3) is 10.8 Å². The zero-order valence-corrected chi connectivity index (χ0v) is 24.6. The zero-order valence-electron chi connectivity index (χ0n) is 24.6. The standard InChI is InChI=1S/C33H42N4O4/c1-24(2)23-25(3)41-33(39)37-31(38)16-14-27-13-15-30(34-32(27)37)40-22-7-6-17-35-18-20-36(21-19-35)29-12-8-10-26-9-4-5-11-28(26)29/h4-5,8-13,15,24-25H,6-7,14,16-23H2,1-3H3. The van der Waals surface area contributed by atoms with E-state index < -0.39 is 6.09 Å². The summed E-state index contributed by atoms with van der Waals surface area (Å²) in [7, 11) is 0. The SMILES string of the molecule is CC(C)CC(C)OC(=O)N1C(=O)CCc2ccc(OCCCCN3CCN(c4cccc5ccccc45)CC3)nc21. The largest absolute Gasteiger partial charge is 0.478 e. The monoisotopic (exact) mass is 558 g/mol. The molecule has 2 aliphatic rings. The molecule has 8 nitrogen and oxygen atoms in total. The van der Waals surface area contributed by atoms with E-state index in [1.807, 2.05) is 19.1 Å². The fourth-order valence-corrected chi connectivity index (χ4v) is 5.84. The average Bonchev–Trinajstić information content (AvgIpc) is 2.96. The zero-order chi connectivity index (χ0) is 28.8. The van der Waals surface area contributed by atoms with Crippen LogP contribution in [0.4, 0.5) is 16.3 Å². The molecule has 0 spiro atoms. The highest BCUT2D eigenvalue weighted by molar-refractivity contribution is 6.13. The molecule has 2 amide bonds. The minimum atomic E-state index is -0.658. The Bertz CT molecular complexity index is 1350. The summed E-state index contributed by atoms with van der Waals surface area (Å²) in [6, 6.07) is 18.9. The number of rotatable bonds is 10. The van der Waals surface area contributed by atoms with E-state index in [-0.39, 0.29) is 18.4 Å². The summed E-state index contributed by atoms with van der Waals surface area (Å²) in [6.45, 7) is 11.7. The summed E-state index contributed by atoms with van der Waals surface area (Å²) in [5, 5.41) is 2.61. The fraction of sp³-hybridized carbons (Fsp3) is 0.485. The Morgan fingerprint density at radius 1 is 0.927 bits per heavy atom. The number of benzene rings is 2. The van der Waals surface area contributed by atoms with E-state index in [4.69, 9.17) is 9.47 Å². The Balaban J connectivity index is 1.08. The average molecular weight is 559 g/mol. The van der Waals surface area contributed by atoms with Crippen LogP contribution in [0.2, 0.25) is 0 Å². The summed E-state index contributed by atoms with van der Waals surface area (Å²) in [4.78, 5) is 36.2. The lowest BCUT2D eigenvalue weighted by molar-refractivity contribution is -0.118. The predicted molar refractivity (Wildman–Crippen MR) is 163 cm³/mol. The highest BCUT2D eigenvalue weighted by Gasteiger charge is 2.33. The molecule has 1 unspecified atom stereocenters. The molecule has 0 aliphatic carbocycles. The van der Waals surface area contributed by atoms with Gasteiger partial charge in [-0.1, -0.05) is 50.2 Å². The number of pyridine rings is 1. The summed E-state index contributed by atoms with van der Waals surface area (Å²) in [5.74, 6) is 0.865. The number of aromatic nitrogens is 1. The molecule has 0 saturated carbocycles. The Morgan fingerprint density at radius 3 is 2.51 bits per heavy atom. The van der Waals surface area contributed by atoms with Crippen molar-refractivity contribution >= 4 is 34.3 Å². The van der Waals surface area contributed by atoms with Gasteiger partial charge in [0.2, 0.25) is 11.8 Å². The van der Waals surface area contributed by atoms with Crippen LogP contribution in [0.15, 0.2) is 54.6 Å². The van der Waals surface area contributed by atoms with E-state index in [9.17, 15) is 9.59 Å². The van der Waals surface area contributed by atoms with Crippen molar-refractivity contribution in [3.8, 4) is 5.88 Å². The molecule has 1 aromatic heterocycles. The number of anilines is 2. The third-order valence-electron chi connectivity index (χ3n) is 7.89. The second kappa shape index (κ2) is 13.3. The van der Waals surface area contributed by atoms with Gasteiger partial charge in [-0.15, -0.1) is 0 Å². The smallest absolute Gasteiger partial charge is 0.422 e. The normalized spacial score (nSPS) is 16.6. The van der Waals surface area contributed by atoms with Crippen molar-refractivity contribution in [1.29, 1.82) is 0 Å². The van der Waals surface area contributed by atoms with Gasteiger partial charge in [0.25, 0.3) is 0 Å². The first-order valence-corrected chi connectivity index (χ1v) is 15.0. The highest BCUT2D eigenvalue weighted by atomic mass is 16.6. The summed E-state index contributed by atoms with van der Waals surface area (Å²) < 4.78 is 11.5. The number of aryl methyl sites for hydroxylation is 1. The Kier molecular flexibility index (Phi) is 9.39. The Morgan fingerprint density at radius 2 is 1.71 bits per heavy atom. The van der Waals surface area contributed by atoms with Gasteiger partial charge in [0.05, 0.1) is 6.61 Å². The number of hydrogen-bond acceptors (Lipinski definition) is 7. The number of amides is 2. The van der Waals surface area contributed by atoms with Crippen LogP contribution in [0.1, 0.15) is 52.0 Å². The van der Waals surface area contributed by atoms with Crippen molar-refractivity contribution in [2.75, 3.05) is 49.1 Å². The van der Waals surface area contributed by atoms with Crippen molar-refractivity contribution in [2.45, 2.75) is 59.0 Å². The van der Waals surface area contributed by atoms with E-state index in [1.165, 1.54) is 16.5 Å². The summed E-state index contributed by atoms with van der Waals surface area (Å²) in [5.41, 5.74) is 2.18. The Labute approximate surface area is 243 Å². The van der Waals surface area contributed by atoms with Crippen LogP contribution in [-0.4, -0.2) is 67.3 Å². The topological polar surface area (TPSA) is 75.2 Å². The van der Waals surface area contributed by atoms with E-state index in [2.05, 4.69) is 71.1 Å². The van der Waals surface area contributed by atoms with Crippen molar-refractivity contribution in [2.24, 2.45) is 5.92 Å². The van der Waals surface area contributed by atoms with Crippen molar-refractivity contribution in [1.82, 2.24) is 9.88 Å². The van der Waals surface area contributed by atoms with E-state index in [1.54, 1.807) is 0 Å². The molecule has 0 N–H and O–H groups in total. The molecule has 3 heterocycles. The number of imide groups is 1. The van der Waals surface area contributed by atoms with Gasteiger partial charge in [-0.25, -0.2) is 4.79 Å². The maximum Gasteiger partial charge on any atom is 0.422 e. The Hall–Kier alpha value is -3.65. The molecular weight excluding hydrogens is 516 g/mol. The molecule has 1 fully saturated rings. The molecule has 41 heavy (non-hydrogen) atoms. The molecule has 1 atom stereocenters. The highest BCUT2D eigenvalue weighted by Crippen LogP contribution is 2.30. The number of hydrogen-bond donors (Lipinski definition) is 0. The van der Waals surface area contributed by atoms with Crippen LogP contribution >= 0.6 is 0 Å². The lowest BCUT2D eigenvalue weighted by atomic mass is 10.1. The quantitative estimate of drug-likeness (QED) is 0.280. The van der Waals surface area contributed by atoms with Gasteiger partial charge in [-0.05, 0) is 68.2 Å². The van der Waals surface area contributed by atoms with E-state index >= 15 is 0 Å². The molecule has 0 radical (unpaired) electrons. The minimum absolute atomic E-state index is 0.263. The third kappa shape index (κ3) is 7.17.